The second kappa shape index (κ2) is 9.68. The van der Waals surface area contributed by atoms with E-state index in [2.05, 4.69) is 36.9 Å². The van der Waals surface area contributed by atoms with Crippen molar-refractivity contribution >= 4 is 17.8 Å². The molecule has 8 nitrogen and oxygen atoms in total. The molecule has 0 aromatic rings. The number of hydrogen-bond donors (Lipinski definition) is 3. The van der Waals surface area contributed by atoms with Crippen molar-refractivity contribution in [2.75, 3.05) is 20.3 Å². The number of methoxy groups -OCH3 is 1. The molecule has 1 amide bonds. The van der Waals surface area contributed by atoms with E-state index in [1.54, 1.807) is 0 Å². The van der Waals surface area contributed by atoms with E-state index in [1.165, 1.54) is 12.7 Å². The van der Waals surface area contributed by atoms with Gasteiger partial charge in [-0.15, -0.1) is 0 Å². The number of amides is 1. The maximum absolute atomic E-state index is 11.9. The van der Waals surface area contributed by atoms with Gasteiger partial charge in [-0.05, 0) is 25.2 Å². The van der Waals surface area contributed by atoms with Crippen molar-refractivity contribution in [1.29, 1.82) is 0 Å². The number of nitrogens with one attached hydrogen (secondary N) is 1. The summed E-state index contributed by atoms with van der Waals surface area (Å²) in [5, 5.41) is 11.1. The van der Waals surface area contributed by atoms with E-state index in [0.29, 0.717) is 6.61 Å². The first-order valence-electron chi connectivity index (χ1n) is 8.67. The van der Waals surface area contributed by atoms with E-state index in [-0.39, 0.29) is 17.9 Å². The summed E-state index contributed by atoms with van der Waals surface area (Å²) in [6.07, 6.45) is 3.79. The van der Waals surface area contributed by atoms with Gasteiger partial charge in [0.25, 0.3) is 0 Å². The van der Waals surface area contributed by atoms with Crippen LogP contribution in [-0.4, -0.2) is 55.4 Å². The van der Waals surface area contributed by atoms with Gasteiger partial charge in [0.1, 0.15) is 0 Å². The van der Waals surface area contributed by atoms with Crippen molar-refractivity contribution in [3.05, 3.63) is 11.6 Å². The molecular weight excluding hydrogens is 340 g/mol. The normalized spacial score (nSPS) is 21.3. The van der Waals surface area contributed by atoms with Gasteiger partial charge in [0.2, 0.25) is 5.91 Å². The molecule has 0 aromatic heterocycles. The van der Waals surface area contributed by atoms with Crippen LogP contribution in [0.5, 0.6) is 0 Å². The maximum Gasteiger partial charge on any atom is 0.330 e. The third-order valence-corrected chi connectivity index (χ3v) is 4.77. The highest BCUT2D eigenvalue weighted by atomic mass is 16.5. The molecule has 1 aliphatic carbocycles. The summed E-state index contributed by atoms with van der Waals surface area (Å²) in [5.41, 5.74) is 6.92. The summed E-state index contributed by atoms with van der Waals surface area (Å²) >= 11 is 0. The Bertz CT molecular complexity index is 558. The molecule has 0 aliphatic heterocycles. The summed E-state index contributed by atoms with van der Waals surface area (Å²) in [6, 6.07) is -2.29. The third-order valence-electron chi connectivity index (χ3n) is 4.77. The van der Waals surface area contributed by atoms with Crippen LogP contribution in [0.3, 0.4) is 0 Å². The second-order valence-electron chi connectivity index (χ2n) is 7.43. The lowest BCUT2D eigenvalue weighted by atomic mass is 9.71. The van der Waals surface area contributed by atoms with Gasteiger partial charge in [-0.25, -0.2) is 4.79 Å². The minimum atomic E-state index is -1.25. The molecular formula is C18H30N2O6. The summed E-state index contributed by atoms with van der Waals surface area (Å²) in [4.78, 5) is 34.5. The van der Waals surface area contributed by atoms with Crippen molar-refractivity contribution in [2.45, 2.75) is 52.1 Å². The minimum absolute atomic E-state index is 0.0718. The second-order valence-corrected chi connectivity index (χ2v) is 7.43. The van der Waals surface area contributed by atoms with Gasteiger partial charge >= 0.3 is 11.9 Å². The molecule has 8 heteroatoms. The van der Waals surface area contributed by atoms with Crippen LogP contribution < -0.4 is 11.1 Å². The molecule has 0 saturated heterocycles. The van der Waals surface area contributed by atoms with Gasteiger partial charge in [-0.3, -0.25) is 9.59 Å². The Morgan fingerprint density at radius 2 is 2.08 bits per heavy atom. The first-order chi connectivity index (χ1) is 12.1. The number of aliphatic carboxylic acids is 1. The quantitative estimate of drug-likeness (QED) is 0.405. The van der Waals surface area contributed by atoms with Crippen molar-refractivity contribution < 1.29 is 29.0 Å². The predicted octanol–water partition coefficient (Wildman–Crippen LogP) is 0.845. The van der Waals surface area contributed by atoms with Crippen LogP contribution in [0.15, 0.2) is 11.6 Å². The Kier molecular flexibility index (Phi) is 8.23. The number of carboxylic acid groups (broad SMARTS) is 1. The molecule has 1 unspecified atom stereocenters. The van der Waals surface area contributed by atoms with Gasteiger partial charge in [0.15, 0.2) is 6.04 Å². The molecule has 0 spiro atoms. The fraction of sp³-hybridized carbons (Fsp3) is 0.722. The SMILES string of the molecule is COC(=O)[C@H](COCC1C=C(C)CCC1(C)C)NC(=O)[C@@H](N)CC(=O)O. The average Bonchev–Trinajstić information content (AvgIpc) is 2.55. The Morgan fingerprint density at radius 3 is 2.65 bits per heavy atom. The standard InChI is InChI=1S/C18H30N2O6/c1-11-5-6-18(2,3)12(7-11)9-26-10-14(17(24)25-4)20-16(23)13(19)8-15(21)22/h7,12-14H,5-6,8-10,19H2,1-4H3,(H,20,23)(H,21,22)/t12?,13-,14-/m0/s1. The number of nitrogens with two attached hydrogens (primary N) is 1. The summed E-state index contributed by atoms with van der Waals surface area (Å²) in [6.45, 7) is 6.78. The smallest absolute Gasteiger partial charge is 0.330 e. The lowest BCUT2D eigenvalue weighted by Crippen LogP contribution is -2.51. The summed E-state index contributed by atoms with van der Waals surface area (Å²) in [7, 11) is 1.20. The molecule has 1 rings (SSSR count). The van der Waals surface area contributed by atoms with Crippen LogP contribution in [0.4, 0.5) is 0 Å². The maximum atomic E-state index is 11.9. The number of allylic oxidation sites excluding steroid dienone is 1. The van der Waals surface area contributed by atoms with Crippen LogP contribution in [0.25, 0.3) is 0 Å². The number of esters is 1. The van der Waals surface area contributed by atoms with E-state index in [4.69, 9.17) is 15.6 Å². The van der Waals surface area contributed by atoms with Crippen LogP contribution in [-0.2, 0) is 23.9 Å². The molecule has 1 aliphatic rings. The van der Waals surface area contributed by atoms with Crippen LogP contribution >= 0.6 is 0 Å². The largest absolute Gasteiger partial charge is 0.481 e. The number of hydrogen-bond acceptors (Lipinski definition) is 6. The van der Waals surface area contributed by atoms with Gasteiger partial charge in [0.05, 0.1) is 32.8 Å². The fourth-order valence-corrected chi connectivity index (χ4v) is 2.81. The van der Waals surface area contributed by atoms with E-state index < -0.39 is 36.4 Å². The van der Waals surface area contributed by atoms with Crippen LogP contribution in [0, 0.1) is 11.3 Å². The number of carbonyl (C=O) groups excluding carboxylic acids is 2. The molecule has 0 heterocycles. The monoisotopic (exact) mass is 370 g/mol. The Hall–Kier alpha value is -1.93. The fourth-order valence-electron chi connectivity index (χ4n) is 2.81. The first kappa shape index (κ1) is 22.1. The Labute approximate surface area is 154 Å². The average molecular weight is 370 g/mol. The molecule has 148 valence electrons. The zero-order valence-corrected chi connectivity index (χ0v) is 15.9. The van der Waals surface area contributed by atoms with E-state index in [0.717, 1.165) is 12.8 Å². The van der Waals surface area contributed by atoms with Crippen LogP contribution in [0.2, 0.25) is 0 Å². The molecule has 0 radical (unpaired) electrons. The zero-order chi connectivity index (χ0) is 19.9. The highest BCUT2D eigenvalue weighted by Crippen LogP contribution is 2.39. The number of carboxylic acids is 1. The number of ether oxygens (including phenoxy) is 2. The van der Waals surface area contributed by atoms with E-state index in [1.807, 2.05) is 0 Å². The Morgan fingerprint density at radius 1 is 1.42 bits per heavy atom. The minimum Gasteiger partial charge on any atom is -0.481 e. The molecule has 26 heavy (non-hydrogen) atoms. The van der Waals surface area contributed by atoms with Gasteiger partial charge in [0, 0.05) is 5.92 Å². The third kappa shape index (κ3) is 6.76. The summed E-state index contributed by atoms with van der Waals surface area (Å²) in [5.74, 6) is -2.39. The topological polar surface area (TPSA) is 128 Å². The number of carbonyl (C=O) groups is 3. The molecule has 0 saturated carbocycles. The zero-order valence-electron chi connectivity index (χ0n) is 15.9. The first-order valence-corrected chi connectivity index (χ1v) is 8.67. The van der Waals surface area contributed by atoms with E-state index >= 15 is 0 Å². The van der Waals surface area contributed by atoms with Gasteiger partial charge in [-0.1, -0.05) is 25.5 Å². The molecule has 3 atom stereocenters. The van der Waals surface area contributed by atoms with Crippen molar-refractivity contribution in [3.8, 4) is 0 Å². The lowest BCUT2D eigenvalue weighted by molar-refractivity contribution is -0.147. The van der Waals surface area contributed by atoms with Crippen molar-refractivity contribution in [2.24, 2.45) is 17.1 Å². The number of rotatable bonds is 9. The highest BCUT2D eigenvalue weighted by molar-refractivity contribution is 5.89. The van der Waals surface area contributed by atoms with Gasteiger partial charge in [-0.2, -0.15) is 0 Å². The summed E-state index contributed by atoms with van der Waals surface area (Å²) < 4.78 is 10.4. The molecule has 0 aromatic carbocycles. The van der Waals surface area contributed by atoms with Gasteiger partial charge < -0.3 is 25.6 Å². The Balaban J connectivity index is 2.62. The molecule has 0 fully saturated rings. The van der Waals surface area contributed by atoms with E-state index in [9.17, 15) is 14.4 Å². The molecule has 0 bridgehead atoms. The highest BCUT2D eigenvalue weighted by Gasteiger charge is 2.32. The van der Waals surface area contributed by atoms with Crippen molar-refractivity contribution in [1.82, 2.24) is 5.32 Å². The predicted molar refractivity (Wildman–Crippen MR) is 95.3 cm³/mol. The van der Waals surface area contributed by atoms with Crippen LogP contribution in [0.1, 0.15) is 40.0 Å². The van der Waals surface area contributed by atoms with Crippen molar-refractivity contribution in [3.63, 3.8) is 0 Å². The molecule has 4 N–H and O–H groups in total. The lowest BCUT2D eigenvalue weighted by Gasteiger charge is -2.36.